The first-order chi connectivity index (χ1) is 15.2. The van der Waals surface area contributed by atoms with E-state index in [1.807, 2.05) is 42.5 Å². The highest BCUT2D eigenvalue weighted by Gasteiger charge is 2.57. The van der Waals surface area contributed by atoms with E-state index in [0.717, 1.165) is 16.8 Å². The lowest BCUT2D eigenvalue weighted by Gasteiger charge is -2.25. The number of benzene rings is 2. The van der Waals surface area contributed by atoms with Gasteiger partial charge in [-0.25, -0.2) is 0 Å². The molecule has 7 nitrogen and oxygen atoms in total. The molecule has 31 heavy (non-hydrogen) atoms. The van der Waals surface area contributed by atoms with Crippen molar-refractivity contribution in [3.05, 3.63) is 77.1 Å². The van der Waals surface area contributed by atoms with E-state index in [4.69, 9.17) is 14.2 Å². The molecule has 0 bridgehead atoms. The zero-order chi connectivity index (χ0) is 21.0. The number of nitrogens with zero attached hydrogens (tertiary/aromatic N) is 2. The van der Waals surface area contributed by atoms with E-state index in [2.05, 4.69) is 4.98 Å². The average Bonchev–Trinajstić information content (AvgIpc) is 3.30. The molecule has 3 aliphatic heterocycles. The number of carbonyl (C=O) groups is 1. The van der Waals surface area contributed by atoms with Gasteiger partial charge < -0.3 is 24.2 Å². The zero-order valence-corrected chi connectivity index (χ0v) is 16.7. The number of rotatable bonds is 3. The van der Waals surface area contributed by atoms with Gasteiger partial charge in [0, 0.05) is 29.1 Å². The lowest BCUT2D eigenvalue weighted by molar-refractivity contribution is -0.122. The quantitative estimate of drug-likeness (QED) is 0.707. The molecular weight excluding hydrogens is 396 g/mol. The Hall–Kier alpha value is -3.58. The van der Waals surface area contributed by atoms with Crippen LogP contribution in [0.2, 0.25) is 0 Å². The van der Waals surface area contributed by atoms with Crippen LogP contribution in [-0.4, -0.2) is 35.8 Å². The van der Waals surface area contributed by atoms with Gasteiger partial charge >= 0.3 is 0 Å². The Balaban J connectivity index is 1.49. The first kappa shape index (κ1) is 18.2. The van der Waals surface area contributed by atoms with Gasteiger partial charge in [0.25, 0.3) is 0 Å². The van der Waals surface area contributed by atoms with Crippen LogP contribution in [0.15, 0.2) is 54.7 Å². The molecule has 0 saturated carbocycles. The van der Waals surface area contributed by atoms with Crippen LogP contribution in [0.5, 0.6) is 17.2 Å². The van der Waals surface area contributed by atoms with Gasteiger partial charge in [-0.1, -0.05) is 24.3 Å². The molecule has 3 aliphatic rings. The number of aliphatic hydroxyl groups is 1. The maximum absolute atomic E-state index is 14.0. The summed E-state index contributed by atoms with van der Waals surface area (Å²) in [5.74, 6) is 1.84. The van der Waals surface area contributed by atoms with Gasteiger partial charge in [-0.05, 0) is 23.8 Å². The minimum atomic E-state index is -0.948. The van der Waals surface area contributed by atoms with Crippen LogP contribution in [0.1, 0.15) is 22.4 Å². The molecule has 1 atom stereocenters. The molecule has 1 aromatic heterocycles. The largest absolute Gasteiger partial charge is 0.491 e. The smallest absolute Gasteiger partial charge is 0.246 e. The molecule has 6 rings (SSSR count). The Morgan fingerprint density at radius 2 is 1.77 bits per heavy atom. The summed E-state index contributed by atoms with van der Waals surface area (Å²) in [4.78, 5) is 20.2. The fourth-order valence-corrected chi connectivity index (χ4v) is 4.78. The van der Waals surface area contributed by atoms with Crippen LogP contribution < -0.4 is 19.1 Å². The van der Waals surface area contributed by atoms with Crippen molar-refractivity contribution in [2.45, 2.75) is 18.6 Å². The number of aliphatic hydroxyl groups excluding tert-OH is 1. The van der Waals surface area contributed by atoms with Crippen LogP contribution in [0.4, 0.5) is 5.69 Å². The van der Waals surface area contributed by atoms with E-state index in [1.54, 1.807) is 17.2 Å². The summed E-state index contributed by atoms with van der Waals surface area (Å²) in [5, 5.41) is 9.71. The van der Waals surface area contributed by atoms with Gasteiger partial charge in [0.1, 0.15) is 31.0 Å². The van der Waals surface area contributed by atoms with Crippen molar-refractivity contribution in [2.24, 2.45) is 0 Å². The summed E-state index contributed by atoms with van der Waals surface area (Å²) in [6.45, 7) is 1.32. The Labute approximate surface area is 178 Å². The molecule has 3 aromatic rings. The maximum Gasteiger partial charge on any atom is 0.246 e. The van der Waals surface area contributed by atoms with E-state index in [0.29, 0.717) is 41.7 Å². The summed E-state index contributed by atoms with van der Waals surface area (Å²) in [6.07, 6.45) is 1.67. The second-order valence-corrected chi connectivity index (χ2v) is 7.86. The Bertz CT molecular complexity index is 1210. The number of amides is 1. The maximum atomic E-state index is 14.0. The molecule has 0 aliphatic carbocycles. The molecule has 0 saturated heterocycles. The first-order valence-electron chi connectivity index (χ1n) is 10.2. The molecule has 2 aromatic carbocycles. The summed E-state index contributed by atoms with van der Waals surface area (Å²) >= 11 is 0. The predicted molar refractivity (Wildman–Crippen MR) is 111 cm³/mol. The van der Waals surface area contributed by atoms with Gasteiger partial charge in [0.15, 0.2) is 11.5 Å². The van der Waals surface area contributed by atoms with Crippen LogP contribution in [0.3, 0.4) is 0 Å². The number of hydrogen-bond acceptors (Lipinski definition) is 6. The number of aromatic nitrogens is 1. The molecule has 1 amide bonds. The summed E-state index contributed by atoms with van der Waals surface area (Å²) in [5.41, 5.74) is 2.95. The van der Waals surface area contributed by atoms with Gasteiger partial charge in [-0.3, -0.25) is 9.78 Å². The van der Waals surface area contributed by atoms with Crippen molar-refractivity contribution in [2.75, 3.05) is 24.7 Å². The van der Waals surface area contributed by atoms with Gasteiger partial charge in [-0.15, -0.1) is 0 Å². The lowest BCUT2D eigenvalue weighted by atomic mass is 9.77. The number of carbonyl (C=O) groups excluding carboxylic acids is 1. The minimum Gasteiger partial charge on any atom is -0.491 e. The molecule has 7 heteroatoms. The second kappa shape index (κ2) is 6.72. The van der Waals surface area contributed by atoms with Crippen molar-refractivity contribution >= 4 is 11.6 Å². The fraction of sp³-hybridized carbons (Fsp3) is 0.250. The lowest BCUT2D eigenvalue weighted by Crippen LogP contribution is -2.42. The molecule has 0 fully saturated rings. The van der Waals surface area contributed by atoms with E-state index in [1.165, 1.54) is 0 Å². The summed E-state index contributed by atoms with van der Waals surface area (Å²) in [6, 6.07) is 15.1. The van der Waals surface area contributed by atoms with Gasteiger partial charge in [0.05, 0.1) is 18.8 Å². The predicted octanol–water partition coefficient (Wildman–Crippen LogP) is 2.57. The van der Waals surface area contributed by atoms with Gasteiger partial charge in [0.2, 0.25) is 5.91 Å². The summed E-state index contributed by atoms with van der Waals surface area (Å²) < 4.78 is 17.5. The van der Waals surface area contributed by atoms with Crippen molar-refractivity contribution < 1.29 is 24.1 Å². The van der Waals surface area contributed by atoms with E-state index >= 15 is 0 Å². The third kappa shape index (κ3) is 2.50. The molecule has 1 spiro atoms. The third-order valence-electron chi connectivity index (χ3n) is 6.28. The van der Waals surface area contributed by atoms with Crippen molar-refractivity contribution in [1.29, 1.82) is 0 Å². The highest BCUT2D eigenvalue weighted by molar-refractivity contribution is 6.11. The fourth-order valence-electron chi connectivity index (χ4n) is 4.78. The van der Waals surface area contributed by atoms with Crippen molar-refractivity contribution in [3.63, 3.8) is 0 Å². The first-order valence-corrected chi connectivity index (χ1v) is 10.2. The van der Waals surface area contributed by atoms with Crippen molar-refractivity contribution in [3.8, 4) is 17.2 Å². The molecule has 4 heterocycles. The normalized spacial score (nSPS) is 20.5. The monoisotopic (exact) mass is 416 g/mol. The number of ether oxygens (including phenoxy) is 3. The van der Waals surface area contributed by atoms with E-state index in [-0.39, 0.29) is 25.7 Å². The van der Waals surface area contributed by atoms with Crippen LogP contribution >= 0.6 is 0 Å². The van der Waals surface area contributed by atoms with Crippen molar-refractivity contribution in [1.82, 2.24) is 4.98 Å². The number of para-hydroxylation sites is 1. The average molecular weight is 416 g/mol. The molecule has 1 unspecified atom stereocenters. The SMILES string of the molecule is O=C1N(Cc2ncccc2CO)c2ccccc2C12COc1cc3c(cc12)OCCO3. The third-order valence-corrected chi connectivity index (χ3v) is 6.28. The number of hydrogen-bond donors (Lipinski definition) is 1. The molecule has 1 N–H and O–H groups in total. The Kier molecular flexibility index (Phi) is 3.94. The minimum absolute atomic E-state index is 0.0707. The van der Waals surface area contributed by atoms with Crippen LogP contribution in [-0.2, 0) is 23.4 Å². The number of anilines is 1. The van der Waals surface area contributed by atoms with E-state index in [9.17, 15) is 9.90 Å². The van der Waals surface area contributed by atoms with Crippen LogP contribution in [0, 0.1) is 0 Å². The Morgan fingerprint density at radius 3 is 2.61 bits per heavy atom. The zero-order valence-electron chi connectivity index (χ0n) is 16.7. The van der Waals surface area contributed by atoms with E-state index < -0.39 is 5.41 Å². The molecule has 0 radical (unpaired) electrons. The highest BCUT2D eigenvalue weighted by atomic mass is 16.6. The molecule has 156 valence electrons. The summed E-state index contributed by atoms with van der Waals surface area (Å²) in [7, 11) is 0. The molecular formula is C24H20N2O5. The number of fused-ring (bicyclic) bond motifs is 5. The van der Waals surface area contributed by atoms with Crippen LogP contribution in [0.25, 0.3) is 0 Å². The standard InChI is InChI=1S/C24H20N2O5/c27-13-15-4-3-7-25-18(15)12-26-19-6-2-1-5-16(19)24(23(26)28)14-31-20-11-22-21(10-17(20)24)29-8-9-30-22/h1-7,10-11,27H,8-9,12-14H2. The topological polar surface area (TPSA) is 81.1 Å². The van der Waals surface area contributed by atoms with Gasteiger partial charge in [-0.2, -0.15) is 0 Å². The Morgan fingerprint density at radius 1 is 0.968 bits per heavy atom. The number of pyridine rings is 1. The highest BCUT2D eigenvalue weighted by Crippen LogP contribution is 2.55. The second-order valence-electron chi connectivity index (χ2n) is 7.86.